The van der Waals surface area contributed by atoms with Gasteiger partial charge in [-0.2, -0.15) is 0 Å². The Labute approximate surface area is 177 Å². The molecule has 0 spiro atoms. The SMILES string of the molecule is CC1=C(C(=O)OC2CCCC2)[C@H](c2ccccc2Cl)[C@@H]2C(=O)CC(C)(C)CC2=N1. The van der Waals surface area contributed by atoms with Crippen LogP contribution in [-0.2, 0) is 14.3 Å². The Balaban J connectivity index is 1.81. The molecule has 0 unspecified atom stereocenters. The van der Waals surface area contributed by atoms with Crippen LogP contribution in [0.25, 0.3) is 0 Å². The van der Waals surface area contributed by atoms with Crippen molar-refractivity contribution in [2.75, 3.05) is 0 Å². The van der Waals surface area contributed by atoms with Gasteiger partial charge in [0.1, 0.15) is 11.9 Å². The summed E-state index contributed by atoms with van der Waals surface area (Å²) < 4.78 is 5.85. The summed E-state index contributed by atoms with van der Waals surface area (Å²) in [5, 5.41) is 0.565. The van der Waals surface area contributed by atoms with E-state index < -0.39 is 11.8 Å². The number of ether oxygens (including phenoxy) is 1. The summed E-state index contributed by atoms with van der Waals surface area (Å²) in [6.45, 7) is 6.04. The normalized spacial score (nSPS) is 26.9. The van der Waals surface area contributed by atoms with Gasteiger partial charge in [0.2, 0.25) is 0 Å². The first-order valence-electron chi connectivity index (χ1n) is 10.5. The molecule has 29 heavy (non-hydrogen) atoms. The monoisotopic (exact) mass is 413 g/mol. The van der Waals surface area contributed by atoms with Crippen LogP contribution in [0.3, 0.4) is 0 Å². The predicted molar refractivity (Wildman–Crippen MR) is 114 cm³/mol. The number of Topliss-reactive ketones (excluding diaryl/α,β-unsaturated/α-hetero) is 1. The van der Waals surface area contributed by atoms with Crippen LogP contribution in [0.1, 0.15) is 70.8 Å². The summed E-state index contributed by atoms with van der Waals surface area (Å²) in [5.41, 5.74) is 2.68. The number of esters is 1. The number of carbonyl (C=O) groups excluding carboxylic acids is 2. The van der Waals surface area contributed by atoms with E-state index in [-0.39, 0.29) is 23.3 Å². The molecule has 2 atom stereocenters. The van der Waals surface area contributed by atoms with Crippen molar-refractivity contribution in [2.45, 2.75) is 71.3 Å². The number of hydrogen-bond donors (Lipinski definition) is 0. The number of aliphatic imine (C=N–C) groups is 1. The molecule has 154 valence electrons. The van der Waals surface area contributed by atoms with Gasteiger partial charge in [-0.3, -0.25) is 9.79 Å². The van der Waals surface area contributed by atoms with Crippen LogP contribution in [0, 0.1) is 11.3 Å². The quantitative estimate of drug-likeness (QED) is 0.602. The Morgan fingerprint density at radius 1 is 1.14 bits per heavy atom. The molecule has 0 amide bonds. The average Bonchev–Trinajstić information content (AvgIpc) is 3.12. The van der Waals surface area contributed by atoms with Crippen molar-refractivity contribution in [1.29, 1.82) is 0 Å². The Bertz CT molecular complexity index is 908. The number of halogens is 1. The topological polar surface area (TPSA) is 55.7 Å². The van der Waals surface area contributed by atoms with E-state index in [9.17, 15) is 9.59 Å². The molecule has 1 aromatic carbocycles. The van der Waals surface area contributed by atoms with E-state index in [0.29, 0.717) is 22.7 Å². The van der Waals surface area contributed by atoms with Crippen molar-refractivity contribution in [3.8, 4) is 0 Å². The Hall–Kier alpha value is -1.94. The first-order valence-corrected chi connectivity index (χ1v) is 10.9. The highest BCUT2D eigenvalue weighted by atomic mass is 35.5. The fourth-order valence-corrected chi connectivity index (χ4v) is 5.40. The molecular formula is C24H28ClNO3. The molecule has 1 aromatic rings. The van der Waals surface area contributed by atoms with Crippen LogP contribution in [0.4, 0.5) is 0 Å². The molecule has 2 aliphatic carbocycles. The van der Waals surface area contributed by atoms with E-state index in [1.54, 1.807) is 0 Å². The van der Waals surface area contributed by atoms with Crippen LogP contribution >= 0.6 is 11.6 Å². The average molecular weight is 414 g/mol. The second kappa shape index (κ2) is 7.71. The van der Waals surface area contributed by atoms with E-state index in [2.05, 4.69) is 13.8 Å². The minimum absolute atomic E-state index is 0.0407. The van der Waals surface area contributed by atoms with E-state index >= 15 is 0 Å². The number of fused-ring (bicyclic) bond motifs is 1. The van der Waals surface area contributed by atoms with Gasteiger partial charge in [-0.25, -0.2) is 4.79 Å². The van der Waals surface area contributed by atoms with Gasteiger partial charge in [0, 0.05) is 28.8 Å². The molecule has 0 N–H and O–H groups in total. The molecule has 2 saturated carbocycles. The fourth-order valence-electron chi connectivity index (χ4n) is 5.14. The lowest BCUT2D eigenvalue weighted by Crippen LogP contribution is -2.44. The summed E-state index contributed by atoms with van der Waals surface area (Å²) >= 11 is 6.55. The smallest absolute Gasteiger partial charge is 0.336 e. The summed E-state index contributed by atoms with van der Waals surface area (Å²) in [5.74, 6) is -1.10. The molecule has 5 heteroatoms. The standard InChI is InChI=1S/C24H28ClNO3/c1-14-20(23(28)29-15-8-4-5-9-15)21(16-10-6-7-11-17(16)25)22-18(26-14)12-24(2,3)13-19(22)27/h6-7,10-11,15,21-22H,4-5,8-9,12-13H2,1-3H3/t21-,22-/m0/s1. The van der Waals surface area contributed by atoms with E-state index in [4.69, 9.17) is 21.3 Å². The molecule has 4 rings (SSSR count). The molecule has 0 bridgehead atoms. The minimum Gasteiger partial charge on any atom is -0.459 e. The maximum atomic E-state index is 13.3. The van der Waals surface area contributed by atoms with Gasteiger partial charge < -0.3 is 4.74 Å². The molecule has 3 aliphatic rings. The van der Waals surface area contributed by atoms with Gasteiger partial charge in [-0.15, -0.1) is 0 Å². The Morgan fingerprint density at radius 3 is 2.52 bits per heavy atom. The molecule has 1 heterocycles. The van der Waals surface area contributed by atoms with Crippen molar-refractivity contribution in [3.05, 3.63) is 46.1 Å². The number of hydrogen-bond acceptors (Lipinski definition) is 4. The highest BCUT2D eigenvalue weighted by Gasteiger charge is 2.48. The van der Waals surface area contributed by atoms with Crippen LogP contribution in [0.5, 0.6) is 0 Å². The first-order chi connectivity index (χ1) is 13.8. The van der Waals surface area contributed by atoms with Crippen molar-refractivity contribution >= 4 is 29.1 Å². The Kier molecular flexibility index (Phi) is 5.41. The van der Waals surface area contributed by atoms with Gasteiger partial charge in [-0.05, 0) is 56.1 Å². The highest BCUT2D eigenvalue weighted by molar-refractivity contribution is 6.31. The van der Waals surface area contributed by atoms with Crippen molar-refractivity contribution < 1.29 is 14.3 Å². The third kappa shape index (κ3) is 3.92. The van der Waals surface area contributed by atoms with E-state index in [0.717, 1.165) is 43.4 Å². The number of ketones is 1. The number of rotatable bonds is 3. The lowest BCUT2D eigenvalue weighted by atomic mass is 9.63. The highest BCUT2D eigenvalue weighted by Crippen LogP contribution is 2.48. The van der Waals surface area contributed by atoms with Gasteiger partial charge in [0.25, 0.3) is 0 Å². The lowest BCUT2D eigenvalue weighted by molar-refractivity contribution is -0.144. The maximum absolute atomic E-state index is 13.3. The predicted octanol–water partition coefficient (Wildman–Crippen LogP) is 5.64. The second-order valence-electron chi connectivity index (χ2n) is 9.37. The van der Waals surface area contributed by atoms with Crippen molar-refractivity contribution in [2.24, 2.45) is 16.3 Å². The van der Waals surface area contributed by atoms with Crippen LogP contribution < -0.4 is 0 Å². The first kappa shape index (κ1) is 20.3. The van der Waals surface area contributed by atoms with E-state index in [1.807, 2.05) is 31.2 Å². The Morgan fingerprint density at radius 2 is 1.83 bits per heavy atom. The van der Waals surface area contributed by atoms with Gasteiger partial charge in [-0.1, -0.05) is 43.6 Å². The largest absolute Gasteiger partial charge is 0.459 e. The zero-order valence-electron chi connectivity index (χ0n) is 17.3. The van der Waals surface area contributed by atoms with Crippen LogP contribution in [0.2, 0.25) is 5.02 Å². The summed E-state index contributed by atoms with van der Waals surface area (Å²) in [6, 6.07) is 7.50. The number of allylic oxidation sites excluding steroid dienone is 1. The second-order valence-corrected chi connectivity index (χ2v) is 9.78. The van der Waals surface area contributed by atoms with E-state index in [1.165, 1.54) is 0 Å². The molecular weight excluding hydrogens is 386 g/mol. The number of carbonyl (C=O) groups is 2. The lowest BCUT2D eigenvalue weighted by Gasteiger charge is -2.41. The molecule has 0 aromatic heterocycles. The van der Waals surface area contributed by atoms with Crippen molar-refractivity contribution in [3.63, 3.8) is 0 Å². The third-order valence-corrected chi connectivity index (χ3v) is 6.74. The molecule has 4 nitrogen and oxygen atoms in total. The van der Waals surface area contributed by atoms with Crippen LogP contribution in [-0.4, -0.2) is 23.6 Å². The van der Waals surface area contributed by atoms with Gasteiger partial charge in [0.15, 0.2) is 0 Å². The van der Waals surface area contributed by atoms with Crippen LogP contribution in [0.15, 0.2) is 40.5 Å². The number of benzene rings is 1. The fraction of sp³-hybridized carbons (Fsp3) is 0.542. The molecule has 0 radical (unpaired) electrons. The zero-order valence-corrected chi connectivity index (χ0v) is 18.1. The molecule has 1 aliphatic heterocycles. The van der Waals surface area contributed by atoms with Gasteiger partial charge in [0.05, 0.1) is 11.5 Å². The third-order valence-electron chi connectivity index (χ3n) is 6.40. The minimum atomic E-state index is -0.447. The molecule has 2 fully saturated rings. The molecule has 0 saturated heterocycles. The van der Waals surface area contributed by atoms with Gasteiger partial charge >= 0.3 is 5.97 Å². The number of nitrogens with zero attached hydrogens (tertiary/aromatic N) is 1. The maximum Gasteiger partial charge on any atom is 0.336 e. The summed E-state index contributed by atoms with van der Waals surface area (Å²) in [7, 11) is 0. The zero-order chi connectivity index (χ0) is 20.8. The summed E-state index contributed by atoms with van der Waals surface area (Å²) in [4.78, 5) is 31.3. The van der Waals surface area contributed by atoms with Crippen molar-refractivity contribution in [1.82, 2.24) is 0 Å². The summed E-state index contributed by atoms with van der Waals surface area (Å²) in [6.07, 6.45) is 5.15.